The molecule has 1 aromatic heterocycles. The number of esters is 1. The van der Waals surface area contributed by atoms with Crippen LogP contribution in [0.4, 0.5) is 17.5 Å². The van der Waals surface area contributed by atoms with Crippen LogP contribution in [0.3, 0.4) is 0 Å². The van der Waals surface area contributed by atoms with Gasteiger partial charge in [0, 0.05) is 24.0 Å². The molecule has 0 atom stereocenters. The lowest BCUT2D eigenvalue weighted by Gasteiger charge is -2.11. The zero-order chi connectivity index (χ0) is 19.1. The molecule has 2 aromatic carbocycles. The number of carbonyl (C=O) groups excluding carboxylic acids is 1. The summed E-state index contributed by atoms with van der Waals surface area (Å²) >= 11 is 0. The molecule has 0 radical (unpaired) electrons. The van der Waals surface area contributed by atoms with Gasteiger partial charge in [0.2, 0.25) is 5.95 Å². The van der Waals surface area contributed by atoms with Gasteiger partial charge in [-0.05, 0) is 36.4 Å². The summed E-state index contributed by atoms with van der Waals surface area (Å²) in [6.45, 7) is 0.578. The maximum Gasteiger partial charge on any atom is 0.337 e. The number of carbonyl (C=O) groups is 1. The highest BCUT2D eigenvalue weighted by molar-refractivity contribution is 5.89. The van der Waals surface area contributed by atoms with Crippen molar-refractivity contribution < 1.29 is 14.3 Å². The summed E-state index contributed by atoms with van der Waals surface area (Å²) in [5.74, 6) is 1.58. The van der Waals surface area contributed by atoms with Gasteiger partial charge in [0.1, 0.15) is 11.6 Å². The molecule has 0 aliphatic carbocycles. The van der Waals surface area contributed by atoms with Gasteiger partial charge < -0.3 is 20.1 Å². The molecule has 0 fully saturated rings. The van der Waals surface area contributed by atoms with Crippen LogP contribution < -0.4 is 15.4 Å². The van der Waals surface area contributed by atoms with Crippen molar-refractivity contribution in [2.45, 2.75) is 6.54 Å². The number of para-hydroxylation sites is 1. The third-order valence-electron chi connectivity index (χ3n) is 3.87. The smallest absolute Gasteiger partial charge is 0.337 e. The Morgan fingerprint density at radius 1 is 1.04 bits per heavy atom. The largest absolute Gasteiger partial charge is 0.496 e. The van der Waals surface area contributed by atoms with Crippen LogP contribution in [0.25, 0.3) is 0 Å². The first-order chi connectivity index (χ1) is 13.2. The SMILES string of the molecule is COC(=O)c1ccc(Nc2nccc(NCc3ccccc3OC)n2)cc1. The monoisotopic (exact) mass is 364 g/mol. The van der Waals surface area contributed by atoms with Crippen LogP contribution in [0.5, 0.6) is 5.75 Å². The first-order valence-corrected chi connectivity index (χ1v) is 8.34. The van der Waals surface area contributed by atoms with E-state index < -0.39 is 0 Å². The highest BCUT2D eigenvalue weighted by Gasteiger charge is 2.06. The van der Waals surface area contributed by atoms with Gasteiger partial charge in [-0.1, -0.05) is 18.2 Å². The molecule has 0 aliphatic rings. The summed E-state index contributed by atoms with van der Waals surface area (Å²) in [7, 11) is 3.00. The van der Waals surface area contributed by atoms with Gasteiger partial charge in [-0.25, -0.2) is 9.78 Å². The van der Waals surface area contributed by atoms with Crippen molar-refractivity contribution in [2.24, 2.45) is 0 Å². The molecule has 27 heavy (non-hydrogen) atoms. The summed E-state index contributed by atoms with van der Waals surface area (Å²) in [6, 6.07) is 16.5. The molecule has 0 aliphatic heterocycles. The number of ether oxygens (including phenoxy) is 2. The lowest BCUT2D eigenvalue weighted by atomic mass is 10.2. The second-order valence-electron chi connectivity index (χ2n) is 5.62. The van der Waals surface area contributed by atoms with Crippen LogP contribution in [-0.4, -0.2) is 30.2 Å². The Balaban J connectivity index is 1.66. The van der Waals surface area contributed by atoms with Gasteiger partial charge in [-0.2, -0.15) is 4.98 Å². The van der Waals surface area contributed by atoms with E-state index in [1.807, 2.05) is 24.3 Å². The van der Waals surface area contributed by atoms with Gasteiger partial charge in [0.15, 0.2) is 0 Å². The van der Waals surface area contributed by atoms with Crippen molar-refractivity contribution in [3.05, 3.63) is 71.9 Å². The van der Waals surface area contributed by atoms with Crippen molar-refractivity contribution in [1.29, 1.82) is 0 Å². The number of anilines is 3. The standard InChI is InChI=1S/C20H20N4O3/c1-26-17-6-4-3-5-15(17)13-22-18-11-12-21-20(24-18)23-16-9-7-14(8-10-16)19(25)27-2/h3-12H,13H2,1-2H3,(H2,21,22,23,24). The van der Waals surface area contributed by atoms with Gasteiger partial charge in [0.25, 0.3) is 0 Å². The van der Waals surface area contributed by atoms with Gasteiger partial charge >= 0.3 is 5.97 Å². The molecule has 0 spiro atoms. The molecule has 0 saturated carbocycles. The normalized spacial score (nSPS) is 10.1. The predicted molar refractivity (Wildman–Crippen MR) is 103 cm³/mol. The Morgan fingerprint density at radius 2 is 1.81 bits per heavy atom. The van der Waals surface area contributed by atoms with Gasteiger partial charge in [0.05, 0.1) is 19.8 Å². The van der Waals surface area contributed by atoms with E-state index in [1.165, 1.54) is 7.11 Å². The zero-order valence-electron chi connectivity index (χ0n) is 15.1. The summed E-state index contributed by atoms with van der Waals surface area (Å²) < 4.78 is 10.0. The van der Waals surface area contributed by atoms with E-state index in [2.05, 4.69) is 25.3 Å². The number of nitrogens with zero attached hydrogens (tertiary/aromatic N) is 2. The molecule has 0 saturated heterocycles. The minimum atomic E-state index is -0.375. The number of nitrogens with one attached hydrogen (secondary N) is 2. The van der Waals surface area contributed by atoms with E-state index in [0.717, 1.165) is 17.0 Å². The number of hydrogen-bond acceptors (Lipinski definition) is 7. The average Bonchev–Trinajstić information content (AvgIpc) is 2.72. The Hall–Kier alpha value is -3.61. The molecule has 0 amide bonds. The fourth-order valence-electron chi connectivity index (χ4n) is 2.49. The second-order valence-corrected chi connectivity index (χ2v) is 5.62. The van der Waals surface area contributed by atoms with Crippen molar-refractivity contribution in [3.63, 3.8) is 0 Å². The lowest BCUT2D eigenvalue weighted by Crippen LogP contribution is -2.05. The Kier molecular flexibility index (Phi) is 5.84. The Morgan fingerprint density at radius 3 is 2.56 bits per heavy atom. The predicted octanol–water partition coefficient (Wildman–Crippen LogP) is 3.63. The van der Waals surface area contributed by atoms with E-state index in [9.17, 15) is 4.79 Å². The van der Waals surface area contributed by atoms with Crippen molar-refractivity contribution in [2.75, 3.05) is 24.9 Å². The molecule has 138 valence electrons. The summed E-state index contributed by atoms with van der Waals surface area (Å²) in [6.07, 6.45) is 1.67. The minimum Gasteiger partial charge on any atom is -0.496 e. The fraction of sp³-hybridized carbons (Fsp3) is 0.150. The molecule has 3 aromatic rings. The maximum atomic E-state index is 11.5. The topological polar surface area (TPSA) is 85.4 Å². The van der Waals surface area contributed by atoms with Crippen LogP contribution in [0, 0.1) is 0 Å². The zero-order valence-corrected chi connectivity index (χ0v) is 15.1. The molecule has 2 N–H and O–H groups in total. The number of rotatable bonds is 7. The van der Waals surface area contributed by atoms with E-state index in [4.69, 9.17) is 4.74 Å². The molecule has 3 rings (SSSR count). The minimum absolute atomic E-state index is 0.375. The molecule has 7 nitrogen and oxygen atoms in total. The number of aromatic nitrogens is 2. The molecular weight excluding hydrogens is 344 g/mol. The highest BCUT2D eigenvalue weighted by atomic mass is 16.5. The molecule has 0 bridgehead atoms. The third-order valence-corrected chi connectivity index (χ3v) is 3.87. The summed E-state index contributed by atoms with van der Waals surface area (Å²) in [5.41, 5.74) is 2.28. The van der Waals surface area contributed by atoms with Crippen molar-refractivity contribution in [3.8, 4) is 5.75 Å². The quantitative estimate of drug-likeness (QED) is 0.619. The van der Waals surface area contributed by atoms with Crippen LogP contribution in [0.1, 0.15) is 15.9 Å². The summed E-state index contributed by atoms with van der Waals surface area (Å²) in [4.78, 5) is 20.1. The van der Waals surface area contributed by atoms with E-state index in [0.29, 0.717) is 23.9 Å². The Bertz CT molecular complexity index is 913. The van der Waals surface area contributed by atoms with E-state index in [1.54, 1.807) is 43.6 Å². The maximum absolute atomic E-state index is 11.5. The molecular formula is C20H20N4O3. The van der Waals surface area contributed by atoms with Gasteiger partial charge in [-0.15, -0.1) is 0 Å². The van der Waals surface area contributed by atoms with Gasteiger partial charge in [-0.3, -0.25) is 0 Å². The number of hydrogen-bond donors (Lipinski definition) is 2. The highest BCUT2D eigenvalue weighted by Crippen LogP contribution is 2.19. The van der Waals surface area contributed by atoms with E-state index >= 15 is 0 Å². The first-order valence-electron chi connectivity index (χ1n) is 8.34. The van der Waals surface area contributed by atoms with Crippen LogP contribution in [0.15, 0.2) is 60.8 Å². The number of benzene rings is 2. The number of methoxy groups -OCH3 is 2. The first kappa shape index (κ1) is 18.2. The van der Waals surface area contributed by atoms with Crippen molar-refractivity contribution in [1.82, 2.24) is 9.97 Å². The van der Waals surface area contributed by atoms with Crippen molar-refractivity contribution >= 4 is 23.4 Å². The Labute approximate surface area is 157 Å². The van der Waals surface area contributed by atoms with Crippen LogP contribution in [0.2, 0.25) is 0 Å². The lowest BCUT2D eigenvalue weighted by molar-refractivity contribution is 0.0601. The third kappa shape index (κ3) is 4.72. The fourth-order valence-corrected chi connectivity index (χ4v) is 2.49. The second kappa shape index (κ2) is 8.66. The molecule has 0 unspecified atom stereocenters. The molecule has 1 heterocycles. The average molecular weight is 364 g/mol. The van der Waals surface area contributed by atoms with Crippen LogP contribution >= 0.6 is 0 Å². The molecule has 7 heteroatoms. The van der Waals surface area contributed by atoms with Crippen LogP contribution in [-0.2, 0) is 11.3 Å². The summed E-state index contributed by atoms with van der Waals surface area (Å²) in [5, 5.41) is 6.37. The van der Waals surface area contributed by atoms with E-state index in [-0.39, 0.29) is 5.97 Å².